The van der Waals surface area contributed by atoms with Crippen molar-refractivity contribution in [2.24, 2.45) is 5.41 Å². The molecule has 0 atom stereocenters. The molecule has 1 aliphatic carbocycles. The highest BCUT2D eigenvalue weighted by atomic mass is 16.3. The SMILES string of the molecule is OCCC1(CCO)C=Cc2ccccc2C1. The average Bonchev–Trinajstić information content (AvgIpc) is 2.30. The number of aliphatic hydroxyl groups excluding tert-OH is 2. The maximum atomic E-state index is 9.14. The van der Waals surface area contributed by atoms with Crippen LogP contribution in [0.1, 0.15) is 24.0 Å². The standard InChI is InChI=1S/C14H18O2/c15-9-7-14(8-10-16)6-5-12-3-1-2-4-13(12)11-14/h1-6,15-16H,7-11H2. The minimum atomic E-state index is -0.0577. The van der Waals surface area contributed by atoms with Crippen molar-refractivity contribution >= 4 is 6.08 Å². The van der Waals surface area contributed by atoms with Gasteiger partial charge in [0.1, 0.15) is 0 Å². The lowest BCUT2D eigenvalue weighted by molar-refractivity contribution is 0.170. The topological polar surface area (TPSA) is 40.5 Å². The van der Waals surface area contributed by atoms with Crippen LogP contribution in [0.15, 0.2) is 30.3 Å². The summed E-state index contributed by atoms with van der Waals surface area (Å²) in [4.78, 5) is 0. The van der Waals surface area contributed by atoms with Gasteiger partial charge < -0.3 is 10.2 Å². The molecule has 0 amide bonds. The van der Waals surface area contributed by atoms with E-state index in [1.54, 1.807) is 0 Å². The first-order valence-corrected chi connectivity index (χ1v) is 5.78. The quantitative estimate of drug-likeness (QED) is 0.811. The van der Waals surface area contributed by atoms with Crippen LogP contribution in [0.2, 0.25) is 0 Å². The summed E-state index contributed by atoms with van der Waals surface area (Å²) in [6.45, 7) is 0.346. The summed E-state index contributed by atoms with van der Waals surface area (Å²) in [6.07, 6.45) is 6.63. The van der Waals surface area contributed by atoms with Gasteiger partial charge in [0.15, 0.2) is 0 Å². The molecule has 1 aliphatic rings. The summed E-state index contributed by atoms with van der Waals surface area (Å²) < 4.78 is 0. The lowest BCUT2D eigenvalue weighted by Gasteiger charge is -2.33. The third kappa shape index (κ3) is 2.18. The molecule has 0 saturated heterocycles. The first kappa shape index (κ1) is 11.4. The highest BCUT2D eigenvalue weighted by molar-refractivity contribution is 5.57. The van der Waals surface area contributed by atoms with Gasteiger partial charge in [-0.15, -0.1) is 0 Å². The third-order valence-corrected chi connectivity index (χ3v) is 3.43. The first-order chi connectivity index (χ1) is 7.79. The van der Waals surface area contributed by atoms with Crippen molar-refractivity contribution in [2.75, 3.05) is 13.2 Å². The molecule has 0 saturated carbocycles. The maximum Gasteiger partial charge on any atom is 0.0439 e. The minimum Gasteiger partial charge on any atom is -0.396 e. The van der Waals surface area contributed by atoms with Gasteiger partial charge in [0.2, 0.25) is 0 Å². The molecule has 1 aromatic rings. The molecule has 0 heterocycles. The number of hydrogen-bond acceptors (Lipinski definition) is 2. The molecule has 16 heavy (non-hydrogen) atoms. The molecule has 0 unspecified atom stereocenters. The van der Waals surface area contributed by atoms with Crippen LogP contribution >= 0.6 is 0 Å². The van der Waals surface area contributed by atoms with Crippen LogP contribution in [0.5, 0.6) is 0 Å². The Morgan fingerprint density at radius 2 is 1.75 bits per heavy atom. The highest BCUT2D eigenvalue weighted by Crippen LogP contribution is 2.37. The van der Waals surface area contributed by atoms with Crippen LogP contribution < -0.4 is 0 Å². The van der Waals surface area contributed by atoms with E-state index in [9.17, 15) is 0 Å². The van der Waals surface area contributed by atoms with Crippen molar-refractivity contribution in [1.82, 2.24) is 0 Å². The fraction of sp³-hybridized carbons (Fsp3) is 0.429. The number of hydrogen-bond donors (Lipinski definition) is 2. The number of rotatable bonds is 4. The zero-order chi connectivity index (χ0) is 11.4. The predicted molar refractivity (Wildman–Crippen MR) is 65.0 cm³/mol. The van der Waals surface area contributed by atoms with Crippen molar-refractivity contribution in [3.63, 3.8) is 0 Å². The Kier molecular flexibility index (Phi) is 3.42. The van der Waals surface area contributed by atoms with Crippen LogP contribution in [0.3, 0.4) is 0 Å². The summed E-state index contributed by atoms with van der Waals surface area (Å²) >= 11 is 0. The predicted octanol–water partition coefficient (Wildman–Crippen LogP) is 2.01. The van der Waals surface area contributed by atoms with Crippen LogP contribution in [0, 0.1) is 5.41 Å². The van der Waals surface area contributed by atoms with Crippen LogP contribution in [-0.4, -0.2) is 23.4 Å². The molecule has 0 fully saturated rings. The van der Waals surface area contributed by atoms with Crippen molar-refractivity contribution in [3.8, 4) is 0 Å². The van der Waals surface area contributed by atoms with E-state index in [1.807, 2.05) is 12.1 Å². The summed E-state index contributed by atoms with van der Waals surface area (Å²) in [5, 5.41) is 18.3. The summed E-state index contributed by atoms with van der Waals surface area (Å²) in [5.41, 5.74) is 2.51. The van der Waals surface area contributed by atoms with Gasteiger partial charge in [-0.2, -0.15) is 0 Å². The van der Waals surface area contributed by atoms with Gasteiger partial charge >= 0.3 is 0 Å². The fourth-order valence-corrected chi connectivity index (χ4v) is 2.48. The van der Waals surface area contributed by atoms with Crippen LogP contribution in [-0.2, 0) is 6.42 Å². The lowest BCUT2D eigenvalue weighted by atomic mass is 9.72. The lowest BCUT2D eigenvalue weighted by Crippen LogP contribution is -2.26. The van der Waals surface area contributed by atoms with E-state index in [1.165, 1.54) is 11.1 Å². The molecular formula is C14H18O2. The van der Waals surface area contributed by atoms with E-state index >= 15 is 0 Å². The molecule has 0 aliphatic heterocycles. The Balaban J connectivity index is 2.27. The molecule has 0 spiro atoms. The molecule has 1 aromatic carbocycles. The summed E-state index contributed by atoms with van der Waals surface area (Å²) in [7, 11) is 0. The molecule has 2 nitrogen and oxygen atoms in total. The van der Waals surface area contributed by atoms with Gasteiger partial charge in [0.05, 0.1) is 0 Å². The minimum absolute atomic E-state index is 0.0577. The normalized spacial score (nSPS) is 17.1. The first-order valence-electron chi connectivity index (χ1n) is 5.78. The average molecular weight is 218 g/mol. The van der Waals surface area contributed by atoms with Gasteiger partial charge in [0.25, 0.3) is 0 Å². The van der Waals surface area contributed by atoms with E-state index in [0.717, 1.165) is 19.3 Å². The molecular weight excluding hydrogens is 200 g/mol. The second kappa shape index (κ2) is 4.81. The van der Waals surface area contributed by atoms with Crippen molar-refractivity contribution in [3.05, 3.63) is 41.5 Å². The summed E-state index contributed by atoms with van der Waals surface area (Å²) in [5.74, 6) is 0. The van der Waals surface area contributed by atoms with Crippen molar-refractivity contribution in [1.29, 1.82) is 0 Å². The Labute approximate surface area is 96.2 Å². The second-order valence-electron chi connectivity index (χ2n) is 4.52. The maximum absolute atomic E-state index is 9.14. The molecule has 2 heteroatoms. The van der Waals surface area contributed by atoms with Gasteiger partial charge in [-0.1, -0.05) is 36.4 Å². The molecule has 0 bridgehead atoms. The van der Waals surface area contributed by atoms with Crippen LogP contribution in [0.4, 0.5) is 0 Å². The Bertz CT molecular complexity index is 376. The smallest absolute Gasteiger partial charge is 0.0439 e. The number of benzene rings is 1. The van der Waals surface area contributed by atoms with E-state index in [2.05, 4.69) is 24.3 Å². The van der Waals surface area contributed by atoms with Gasteiger partial charge in [0, 0.05) is 13.2 Å². The molecule has 2 N–H and O–H groups in total. The zero-order valence-corrected chi connectivity index (χ0v) is 9.39. The third-order valence-electron chi connectivity index (χ3n) is 3.43. The number of fused-ring (bicyclic) bond motifs is 1. The molecule has 2 rings (SSSR count). The second-order valence-corrected chi connectivity index (χ2v) is 4.52. The Hall–Kier alpha value is -1.12. The van der Waals surface area contributed by atoms with Crippen LogP contribution in [0.25, 0.3) is 6.08 Å². The Morgan fingerprint density at radius 1 is 1.06 bits per heavy atom. The van der Waals surface area contributed by atoms with Gasteiger partial charge in [-0.05, 0) is 35.8 Å². The van der Waals surface area contributed by atoms with Gasteiger partial charge in [-0.3, -0.25) is 0 Å². The largest absolute Gasteiger partial charge is 0.396 e. The number of aliphatic hydroxyl groups is 2. The van der Waals surface area contributed by atoms with E-state index in [0.29, 0.717) is 0 Å². The molecule has 0 aromatic heterocycles. The molecule has 0 radical (unpaired) electrons. The van der Waals surface area contributed by atoms with Gasteiger partial charge in [-0.25, -0.2) is 0 Å². The van der Waals surface area contributed by atoms with Crippen molar-refractivity contribution in [2.45, 2.75) is 19.3 Å². The van der Waals surface area contributed by atoms with Crippen molar-refractivity contribution < 1.29 is 10.2 Å². The summed E-state index contributed by atoms with van der Waals surface area (Å²) in [6, 6.07) is 8.31. The van der Waals surface area contributed by atoms with E-state index in [4.69, 9.17) is 10.2 Å². The fourth-order valence-electron chi connectivity index (χ4n) is 2.48. The molecule has 86 valence electrons. The zero-order valence-electron chi connectivity index (χ0n) is 9.39. The Morgan fingerprint density at radius 3 is 2.44 bits per heavy atom. The monoisotopic (exact) mass is 218 g/mol. The van der Waals surface area contributed by atoms with E-state index < -0.39 is 0 Å². The van der Waals surface area contributed by atoms with E-state index in [-0.39, 0.29) is 18.6 Å². The number of allylic oxidation sites excluding steroid dienone is 1. The highest BCUT2D eigenvalue weighted by Gasteiger charge is 2.29.